The Balaban J connectivity index is 2.06. The highest BCUT2D eigenvalue weighted by atomic mass is 35.5. The minimum absolute atomic E-state index is 0.0520. The number of hydrogen-bond donors (Lipinski definition) is 1. The second-order valence-electron chi connectivity index (χ2n) is 5.08. The van der Waals surface area contributed by atoms with Crippen molar-refractivity contribution in [3.8, 4) is 5.75 Å². The zero-order valence-electron chi connectivity index (χ0n) is 11.8. The summed E-state index contributed by atoms with van der Waals surface area (Å²) in [6.45, 7) is 3.98. The maximum Gasteiger partial charge on any atom is 0.263 e. The largest absolute Gasteiger partial charge is 0.481 e. The van der Waals surface area contributed by atoms with Crippen LogP contribution in [0.15, 0.2) is 18.2 Å². The van der Waals surface area contributed by atoms with E-state index in [1.807, 2.05) is 11.0 Å². The van der Waals surface area contributed by atoms with Crippen molar-refractivity contribution in [2.75, 3.05) is 19.6 Å². The normalized spacial score (nSPS) is 16.2. The Hall–Kier alpha value is -1.26. The van der Waals surface area contributed by atoms with Gasteiger partial charge in [0.25, 0.3) is 5.91 Å². The van der Waals surface area contributed by atoms with Crippen molar-refractivity contribution in [2.45, 2.75) is 32.3 Å². The molecule has 0 aromatic heterocycles. The fraction of sp³-hybridized carbons (Fsp3) is 0.533. The lowest BCUT2D eigenvalue weighted by Crippen LogP contribution is -2.38. The van der Waals surface area contributed by atoms with E-state index in [2.05, 4.69) is 0 Å². The highest BCUT2D eigenvalue weighted by Crippen LogP contribution is 2.25. The number of hydrogen-bond acceptors (Lipinski definition) is 3. The van der Waals surface area contributed by atoms with Gasteiger partial charge in [-0.2, -0.15) is 0 Å². The van der Waals surface area contributed by atoms with E-state index < -0.39 is 6.10 Å². The van der Waals surface area contributed by atoms with Crippen LogP contribution in [-0.4, -0.2) is 36.5 Å². The molecule has 110 valence electrons. The summed E-state index contributed by atoms with van der Waals surface area (Å²) in [5.74, 6) is 0.746. The molecule has 0 spiro atoms. The molecule has 1 heterocycles. The summed E-state index contributed by atoms with van der Waals surface area (Å²) in [4.78, 5) is 14.1. The van der Waals surface area contributed by atoms with E-state index in [-0.39, 0.29) is 5.91 Å². The first kappa shape index (κ1) is 15.1. The highest BCUT2D eigenvalue weighted by molar-refractivity contribution is 6.30. The molecule has 5 heteroatoms. The van der Waals surface area contributed by atoms with Crippen LogP contribution in [0.25, 0.3) is 0 Å². The standard InChI is InChI=1S/C15H21ClN2O2/c1-11(15(19)18-8-2-3-9-18)20-14-5-4-13(16)10-12(14)6-7-17/h4-5,10-11H,2-3,6-9,17H2,1H3. The van der Waals surface area contributed by atoms with Crippen LogP contribution in [0.4, 0.5) is 0 Å². The highest BCUT2D eigenvalue weighted by Gasteiger charge is 2.25. The molecule has 1 aromatic rings. The third-order valence-electron chi connectivity index (χ3n) is 3.51. The Kier molecular flexibility index (Phi) is 5.26. The molecule has 2 rings (SSSR count). The average molecular weight is 297 g/mol. The van der Waals surface area contributed by atoms with Gasteiger partial charge in [-0.15, -0.1) is 0 Å². The molecule has 0 aliphatic carbocycles. The summed E-state index contributed by atoms with van der Waals surface area (Å²) in [5, 5.41) is 0.652. The molecular formula is C15H21ClN2O2. The van der Waals surface area contributed by atoms with Crippen LogP contribution in [0.3, 0.4) is 0 Å². The number of nitrogens with two attached hydrogens (primary N) is 1. The first-order valence-electron chi connectivity index (χ1n) is 7.05. The number of likely N-dealkylation sites (tertiary alicyclic amines) is 1. The molecule has 1 amide bonds. The van der Waals surface area contributed by atoms with Crippen LogP contribution < -0.4 is 10.5 Å². The summed E-state index contributed by atoms with van der Waals surface area (Å²) < 4.78 is 5.82. The molecule has 1 aromatic carbocycles. The molecule has 20 heavy (non-hydrogen) atoms. The topological polar surface area (TPSA) is 55.6 Å². The zero-order chi connectivity index (χ0) is 14.5. The molecule has 1 aliphatic rings. The van der Waals surface area contributed by atoms with Gasteiger partial charge in [0.2, 0.25) is 0 Å². The van der Waals surface area contributed by atoms with Crippen molar-refractivity contribution < 1.29 is 9.53 Å². The lowest BCUT2D eigenvalue weighted by molar-refractivity contribution is -0.136. The number of rotatable bonds is 5. The van der Waals surface area contributed by atoms with Crippen molar-refractivity contribution in [1.29, 1.82) is 0 Å². The van der Waals surface area contributed by atoms with Gasteiger partial charge in [-0.05, 0) is 56.5 Å². The molecule has 1 aliphatic heterocycles. The summed E-state index contributed by atoms with van der Waals surface area (Å²) in [6.07, 6.45) is 2.36. The van der Waals surface area contributed by atoms with Crippen LogP contribution >= 0.6 is 11.6 Å². The second kappa shape index (κ2) is 6.95. The van der Waals surface area contributed by atoms with Crippen molar-refractivity contribution in [2.24, 2.45) is 5.73 Å². The minimum Gasteiger partial charge on any atom is -0.481 e. The summed E-state index contributed by atoms with van der Waals surface area (Å²) >= 11 is 5.98. The van der Waals surface area contributed by atoms with E-state index in [4.69, 9.17) is 22.1 Å². The van der Waals surface area contributed by atoms with Gasteiger partial charge in [0.1, 0.15) is 5.75 Å². The predicted octanol–water partition coefficient (Wildman–Crippen LogP) is 2.23. The van der Waals surface area contributed by atoms with Gasteiger partial charge in [-0.1, -0.05) is 11.6 Å². The zero-order valence-corrected chi connectivity index (χ0v) is 12.5. The van der Waals surface area contributed by atoms with E-state index in [1.54, 1.807) is 19.1 Å². The quantitative estimate of drug-likeness (QED) is 0.906. The number of carbonyl (C=O) groups is 1. The Labute approximate surface area is 124 Å². The number of ether oxygens (including phenoxy) is 1. The molecule has 1 atom stereocenters. The van der Waals surface area contributed by atoms with Gasteiger partial charge in [0.15, 0.2) is 6.10 Å². The smallest absolute Gasteiger partial charge is 0.263 e. The second-order valence-corrected chi connectivity index (χ2v) is 5.52. The fourth-order valence-electron chi connectivity index (χ4n) is 2.45. The molecular weight excluding hydrogens is 276 g/mol. The van der Waals surface area contributed by atoms with Gasteiger partial charge >= 0.3 is 0 Å². The van der Waals surface area contributed by atoms with Crippen LogP contribution in [0.5, 0.6) is 5.75 Å². The van der Waals surface area contributed by atoms with Crippen molar-refractivity contribution in [3.05, 3.63) is 28.8 Å². The Bertz CT molecular complexity index is 473. The summed E-state index contributed by atoms with van der Waals surface area (Å²) in [7, 11) is 0. The third-order valence-corrected chi connectivity index (χ3v) is 3.74. The minimum atomic E-state index is -0.481. The number of benzene rings is 1. The van der Waals surface area contributed by atoms with Gasteiger partial charge in [-0.3, -0.25) is 4.79 Å². The van der Waals surface area contributed by atoms with E-state index in [0.29, 0.717) is 23.7 Å². The molecule has 0 saturated carbocycles. The van der Waals surface area contributed by atoms with Crippen LogP contribution in [0.2, 0.25) is 5.02 Å². The van der Waals surface area contributed by atoms with Crippen molar-refractivity contribution in [1.82, 2.24) is 4.90 Å². The lowest BCUT2D eigenvalue weighted by atomic mass is 10.1. The maximum atomic E-state index is 12.2. The summed E-state index contributed by atoms with van der Waals surface area (Å²) in [6, 6.07) is 5.42. The average Bonchev–Trinajstić information content (AvgIpc) is 2.95. The molecule has 0 bridgehead atoms. The van der Waals surface area contributed by atoms with Gasteiger partial charge in [0.05, 0.1) is 0 Å². The Morgan fingerprint density at radius 2 is 2.15 bits per heavy atom. The first-order chi connectivity index (χ1) is 9.61. The van der Waals surface area contributed by atoms with Crippen molar-refractivity contribution >= 4 is 17.5 Å². The number of halogens is 1. The molecule has 1 fully saturated rings. The van der Waals surface area contributed by atoms with Crippen LogP contribution in [0, 0.1) is 0 Å². The van der Waals surface area contributed by atoms with E-state index in [1.165, 1.54) is 0 Å². The molecule has 4 nitrogen and oxygen atoms in total. The van der Waals surface area contributed by atoms with Crippen molar-refractivity contribution in [3.63, 3.8) is 0 Å². The monoisotopic (exact) mass is 296 g/mol. The fourth-order valence-corrected chi connectivity index (χ4v) is 2.64. The van der Waals surface area contributed by atoms with Crippen LogP contribution in [0.1, 0.15) is 25.3 Å². The maximum absolute atomic E-state index is 12.2. The van der Waals surface area contributed by atoms with E-state index in [9.17, 15) is 4.79 Å². The molecule has 0 radical (unpaired) electrons. The predicted molar refractivity (Wildman–Crippen MR) is 80.1 cm³/mol. The van der Waals surface area contributed by atoms with Gasteiger partial charge < -0.3 is 15.4 Å². The third kappa shape index (κ3) is 3.64. The number of nitrogens with zero attached hydrogens (tertiary/aromatic N) is 1. The Morgan fingerprint density at radius 1 is 1.45 bits per heavy atom. The SMILES string of the molecule is CC(Oc1ccc(Cl)cc1CCN)C(=O)N1CCCC1. The number of amides is 1. The van der Waals surface area contributed by atoms with Gasteiger partial charge in [0, 0.05) is 18.1 Å². The molecule has 1 saturated heterocycles. The Morgan fingerprint density at radius 3 is 2.80 bits per heavy atom. The molecule has 2 N–H and O–H groups in total. The molecule has 1 unspecified atom stereocenters. The van der Waals surface area contributed by atoms with E-state index in [0.717, 1.165) is 31.5 Å². The van der Waals surface area contributed by atoms with Crippen LogP contribution in [-0.2, 0) is 11.2 Å². The number of carbonyl (C=O) groups excluding carboxylic acids is 1. The van der Waals surface area contributed by atoms with Gasteiger partial charge in [-0.25, -0.2) is 0 Å². The lowest BCUT2D eigenvalue weighted by Gasteiger charge is -2.22. The first-order valence-corrected chi connectivity index (χ1v) is 7.43. The van der Waals surface area contributed by atoms with E-state index >= 15 is 0 Å². The summed E-state index contributed by atoms with van der Waals surface area (Å²) in [5.41, 5.74) is 6.54.